The predicted molar refractivity (Wildman–Crippen MR) is 87.3 cm³/mol. The van der Waals surface area contributed by atoms with Crippen molar-refractivity contribution in [3.8, 4) is 0 Å². The highest BCUT2D eigenvalue weighted by Gasteiger charge is 2.13. The van der Waals surface area contributed by atoms with Crippen molar-refractivity contribution in [1.29, 1.82) is 0 Å². The van der Waals surface area contributed by atoms with E-state index in [1.54, 1.807) is 42.5 Å². The van der Waals surface area contributed by atoms with Crippen molar-refractivity contribution in [2.45, 2.75) is 13.5 Å². The van der Waals surface area contributed by atoms with Gasteiger partial charge in [0.05, 0.1) is 5.52 Å². The first-order chi connectivity index (χ1) is 11.5. The van der Waals surface area contributed by atoms with Crippen LogP contribution in [0.5, 0.6) is 0 Å². The Morgan fingerprint density at radius 1 is 1.08 bits per heavy atom. The molecule has 0 aliphatic carbocycles. The molecule has 24 heavy (non-hydrogen) atoms. The van der Waals surface area contributed by atoms with Crippen LogP contribution in [-0.2, 0) is 11.3 Å². The summed E-state index contributed by atoms with van der Waals surface area (Å²) in [5.74, 6) is -1.60. The minimum atomic E-state index is -0.628. The molecule has 3 rings (SSSR count). The molecule has 2 amide bonds. The van der Waals surface area contributed by atoms with Crippen LogP contribution in [0.2, 0.25) is 0 Å². The molecule has 0 aliphatic heterocycles. The average Bonchev–Trinajstić information content (AvgIpc) is 2.88. The van der Waals surface area contributed by atoms with Crippen LogP contribution in [0.15, 0.2) is 57.7 Å². The molecule has 1 aromatic heterocycles. The molecule has 0 radical (unpaired) electrons. The number of aromatic nitrogens is 1. The number of para-hydroxylation sites is 2. The number of oxazole rings is 1. The molecule has 1 heterocycles. The van der Waals surface area contributed by atoms with Crippen molar-refractivity contribution < 1.29 is 14.0 Å². The standard InChI is InChI=1S/C17H15N3O4/c1-11-5-4-6-12(9-11)16(22)19-18-15(21)10-20-13-7-2-3-8-14(13)24-17(20)23/h2-9H,10H2,1H3,(H,18,21)(H,19,22). The van der Waals surface area contributed by atoms with Gasteiger partial charge in [0.15, 0.2) is 5.58 Å². The van der Waals surface area contributed by atoms with Gasteiger partial charge in [-0.05, 0) is 31.2 Å². The van der Waals surface area contributed by atoms with E-state index in [9.17, 15) is 14.4 Å². The molecular weight excluding hydrogens is 310 g/mol. The van der Waals surface area contributed by atoms with Crippen LogP contribution in [0.1, 0.15) is 15.9 Å². The Kier molecular flexibility index (Phi) is 4.15. The molecule has 7 heteroatoms. The van der Waals surface area contributed by atoms with E-state index in [-0.39, 0.29) is 6.54 Å². The van der Waals surface area contributed by atoms with E-state index < -0.39 is 17.6 Å². The highest BCUT2D eigenvalue weighted by Crippen LogP contribution is 2.11. The first-order valence-corrected chi connectivity index (χ1v) is 7.29. The number of benzene rings is 2. The lowest BCUT2D eigenvalue weighted by Crippen LogP contribution is -2.43. The second kappa shape index (κ2) is 6.41. The first-order valence-electron chi connectivity index (χ1n) is 7.29. The van der Waals surface area contributed by atoms with Crippen LogP contribution in [0.25, 0.3) is 11.1 Å². The summed E-state index contributed by atoms with van der Waals surface area (Å²) < 4.78 is 6.25. The van der Waals surface area contributed by atoms with Crippen molar-refractivity contribution in [3.63, 3.8) is 0 Å². The highest BCUT2D eigenvalue weighted by molar-refractivity contribution is 5.95. The topological polar surface area (TPSA) is 93.3 Å². The number of nitrogens with zero attached hydrogens (tertiary/aromatic N) is 1. The van der Waals surface area contributed by atoms with E-state index >= 15 is 0 Å². The van der Waals surface area contributed by atoms with Gasteiger partial charge in [0.1, 0.15) is 6.54 Å². The van der Waals surface area contributed by atoms with E-state index in [0.29, 0.717) is 16.7 Å². The Labute approximate surface area is 136 Å². The molecule has 0 bridgehead atoms. The van der Waals surface area contributed by atoms with Gasteiger partial charge in [-0.2, -0.15) is 0 Å². The van der Waals surface area contributed by atoms with E-state index in [1.165, 1.54) is 4.57 Å². The molecule has 0 unspecified atom stereocenters. The maximum atomic E-state index is 12.0. The quantitative estimate of drug-likeness (QED) is 0.711. The molecular formula is C17H15N3O4. The third-order valence-corrected chi connectivity index (χ3v) is 3.47. The number of hydrazine groups is 1. The summed E-state index contributed by atoms with van der Waals surface area (Å²) in [6, 6.07) is 13.8. The maximum absolute atomic E-state index is 12.0. The monoisotopic (exact) mass is 325 g/mol. The number of hydrogen-bond donors (Lipinski definition) is 2. The van der Waals surface area contributed by atoms with Crippen LogP contribution in [0.4, 0.5) is 0 Å². The SMILES string of the molecule is Cc1cccc(C(=O)NNC(=O)Cn2c(=O)oc3ccccc32)c1. The van der Waals surface area contributed by atoms with E-state index in [1.807, 2.05) is 13.0 Å². The van der Waals surface area contributed by atoms with Gasteiger partial charge < -0.3 is 4.42 Å². The van der Waals surface area contributed by atoms with Crippen molar-refractivity contribution in [2.24, 2.45) is 0 Å². The van der Waals surface area contributed by atoms with Crippen LogP contribution >= 0.6 is 0 Å². The number of amides is 2. The van der Waals surface area contributed by atoms with Crippen LogP contribution in [0, 0.1) is 6.92 Å². The summed E-state index contributed by atoms with van der Waals surface area (Å²) in [7, 11) is 0. The minimum Gasteiger partial charge on any atom is -0.408 e. The van der Waals surface area contributed by atoms with Gasteiger partial charge in [0, 0.05) is 5.56 Å². The van der Waals surface area contributed by atoms with Crippen molar-refractivity contribution >= 4 is 22.9 Å². The molecule has 7 nitrogen and oxygen atoms in total. The fourth-order valence-corrected chi connectivity index (χ4v) is 2.33. The van der Waals surface area contributed by atoms with Crippen molar-refractivity contribution in [1.82, 2.24) is 15.4 Å². The molecule has 0 fully saturated rings. The Morgan fingerprint density at radius 2 is 1.88 bits per heavy atom. The largest absolute Gasteiger partial charge is 0.420 e. The zero-order valence-corrected chi connectivity index (χ0v) is 12.9. The van der Waals surface area contributed by atoms with Gasteiger partial charge >= 0.3 is 5.76 Å². The summed E-state index contributed by atoms with van der Waals surface area (Å²) >= 11 is 0. The first kappa shape index (κ1) is 15.5. The predicted octanol–water partition coefficient (Wildman–Crippen LogP) is 1.36. The average molecular weight is 325 g/mol. The summed E-state index contributed by atoms with van der Waals surface area (Å²) in [6.45, 7) is 1.61. The highest BCUT2D eigenvalue weighted by atomic mass is 16.4. The molecule has 122 valence electrons. The summed E-state index contributed by atoms with van der Waals surface area (Å²) in [6.07, 6.45) is 0. The second-order valence-corrected chi connectivity index (χ2v) is 5.29. The fourth-order valence-electron chi connectivity index (χ4n) is 2.33. The molecule has 0 saturated carbocycles. The van der Waals surface area contributed by atoms with Crippen molar-refractivity contribution in [2.75, 3.05) is 0 Å². The number of carbonyl (C=O) groups excluding carboxylic acids is 2. The molecule has 0 spiro atoms. The van der Waals surface area contributed by atoms with E-state index in [0.717, 1.165) is 5.56 Å². The molecule has 0 atom stereocenters. The lowest BCUT2D eigenvalue weighted by Gasteiger charge is -2.08. The van der Waals surface area contributed by atoms with Gasteiger partial charge in [-0.25, -0.2) is 4.79 Å². The summed E-state index contributed by atoms with van der Waals surface area (Å²) in [4.78, 5) is 35.8. The number of aryl methyl sites for hydroxylation is 1. The minimum absolute atomic E-state index is 0.260. The van der Waals surface area contributed by atoms with Gasteiger partial charge in [-0.15, -0.1) is 0 Å². The number of fused-ring (bicyclic) bond motifs is 1. The summed E-state index contributed by atoms with van der Waals surface area (Å²) in [5.41, 5.74) is 6.90. The van der Waals surface area contributed by atoms with Crippen molar-refractivity contribution in [3.05, 3.63) is 70.2 Å². The molecule has 3 aromatic rings. The van der Waals surface area contributed by atoms with Gasteiger partial charge in [0.25, 0.3) is 11.8 Å². The lowest BCUT2D eigenvalue weighted by molar-refractivity contribution is -0.122. The van der Waals surface area contributed by atoms with E-state index in [4.69, 9.17) is 4.42 Å². The Hall–Kier alpha value is -3.35. The van der Waals surface area contributed by atoms with Crippen LogP contribution < -0.4 is 16.6 Å². The zero-order chi connectivity index (χ0) is 17.1. The molecule has 2 N–H and O–H groups in total. The maximum Gasteiger partial charge on any atom is 0.420 e. The number of nitrogens with one attached hydrogen (secondary N) is 2. The third-order valence-electron chi connectivity index (χ3n) is 3.47. The number of rotatable bonds is 3. The fraction of sp³-hybridized carbons (Fsp3) is 0.118. The number of carbonyl (C=O) groups is 2. The summed E-state index contributed by atoms with van der Waals surface area (Å²) in [5, 5.41) is 0. The lowest BCUT2D eigenvalue weighted by atomic mass is 10.1. The smallest absolute Gasteiger partial charge is 0.408 e. The second-order valence-electron chi connectivity index (χ2n) is 5.29. The van der Waals surface area contributed by atoms with Gasteiger partial charge in [-0.1, -0.05) is 29.8 Å². The Balaban J connectivity index is 1.66. The molecule has 0 aliphatic rings. The van der Waals surface area contributed by atoms with Crippen LogP contribution in [0.3, 0.4) is 0 Å². The normalized spacial score (nSPS) is 10.5. The van der Waals surface area contributed by atoms with Crippen LogP contribution in [-0.4, -0.2) is 16.4 Å². The van der Waals surface area contributed by atoms with Gasteiger partial charge in [0.2, 0.25) is 0 Å². The zero-order valence-electron chi connectivity index (χ0n) is 12.9. The number of hydrogen-bond acceptors (Lipinski definition) is 4. The Bertz CT molecular complexity index is 971. The van der Waals surface area contributed by atoms with Gasteiger partial charge in [-0.3, -0.25) is 25.0 Å². The Morgan fingerprint density at radius 3 is 2.67 bits per heavy atom. The molecule has 0 saturated heterocycles. The molecule has 2 aromatic carbocycles. The third kappa shape index (κ3) is 3.19. The van der Waals surface area contributed by atoms with E-state index in [2.05, 4.69) is 10.9 Å².